The molecule has 0 unspecified atom stereocenters. The Bertz CT molecular complexity index is 1640. The number of thiazole rings is 1. The number of ketones is 1. The molecule has 10 heteroatoms. The molecule has 5 rings (SSSR count). The lowest BCUT2D eigenvalue weighted by atomic mass is 9.94. The van der Waals surface area contributed by atoms with Crippen molar-refractivity contribution in [1.29, 1.82) is 0 Å². The van der Waals surface area contributed by atoms with Crippen molar-refractivity contribution in [3.63, 3.8) is 0 Å². The number of aryl methyl sites for hydroxylation is 1. The van der Waals surface area contributed by atoms with E-state index in [4.69, 9.17) is 18.9 Å². The van der Waals surface area contributed by atoms with Gasteiger partial charge in [0.05, 0.1) is 50.3 Å². The number of hydrogen-bond donors (Lipinski definition) is 1. The van der Waals surface area contributed by atoms with Crippen molar-refractivity contribution in [2.75, 3.05) is 33.3 Å². The van der Waals surface area contributed by atoms with Crippen LogP contribution in [0.1, 0.15) is 22.7 Å². The summed E-state index contributed by atoms with van der Waals surface area (Å²) in [5, 5.41) is 11.8. The van der Waals surface area contributed by atoms with E-state index in [2.05, 4.69) is 4.98 Å². The first-order valence-electron chi connectivity index (χ1n) is 11.9. The number of fused-ring (bicyclic) bond motifs is 1. The van der Waals surface area contributed by atoms with Crippen LogP contribution in [-0.4, -0.2) is 50.2 Å². The summed E-state index contributed by atoms with van der Waals surface area (Å²) in [7, 11) is 6.14. The largest absolute Gasteiger partial charge is 0.507 e. The van der Waals surface area contributed by atoms with Crippen molar-refractivity contribution in [2.24, 2.45) is 0 Å². The highest BCUT2D eigenvalue weighted by molar-refractivity contribution is 7.22. The Morgan fingerprint density at radius 2 is 1.59 bits per heavy atom. The quantitative estimate of drug-likeness (QED) is 0.190. The third kappa shape index (κ3) is 4.42. The maximum absolute atomic E-state index is 13.6. The molecule has 9 nitrogen and oxygen atoms in total. The molecule has 200 valence electrons. The molecule has 1 saturated heterocycles. The van der Waals surface area contributed by atoms with Crippen LogP contribution >= 0.6 is 11.3 Å². The average molecular weight is 547 g/mol. The number of nitrogens with zero attached hydrogens (tertiary/aromatic N) is 2. The van der Waals surface area contributed by atoms with Gasteiger partial charge in [0.2, 0.25) is 0 Å². The summed E-state index contributed by atoms with van der Waals surface area (Å²) >= 11 is 1.25. The number of ether oxygens (including phenoxy) is 4. The number of rotatable bonds is 7. The number of aliphatic hydroxyl groups excluding tert-OH is 1. The molecule has 0 radical (unpaired) electrons. The number of amides is 1. The van der Waals surface area contributed by atoms with Gasteiger partial charge in [-0.25, -0.2) is 4.98 Å². The third-order valence-corrected chi connectivity index (χ3v) is 7.64. The topological polar surface area (TPSA) is 107 Å². The molecule has 1 amide bonds. The average Bonchev–Trinajstić information content (AvgIpc) is 3.49. The lowest BCUT2D eigenvalue weighted by Crippen LogP contribution is -2.29. The van der Waals surface area contributed by atoms with E-state index in [0.717, 1.165) is 10.3 Å². The molecule has 1 aromatic heterocycles. The van der Waals surface area contributed by atoms with E-state index < -0.39 is 17.7 Å². The maximum atomic E-state index is 13.6. The van der Waals surface area contributed by atoms with Crippen molar-refractivity contribution < 1.29 is 33.6 Å². The molecule has 2 heterocycles. The summed E-state index contributed by atoms with van der Waals surface area (Å²) in [6, 6.07) is 14.6. The molecular weight excluding hydrogens is 520 g/mol. The third-order valence-electron chi connectivity index (χ3n) is 6.63. The van der Waals surface area contributed by atoms with Gasteiger partial charge in [0.1, 0.15) is 17.3 Å². The predicted octanol–water partition coefficient (Wildman–Crippen LogP) is 5.27. The van der Waals surface area contributed by atoms with Crippen LogP contribution in [0.25, 0.3) is 16.0 Å². The Kier molecular flexibility index (Phi) is 6.88. The van der Waals surface area contributed by atoms with Crippen LogP contribution in [0.15, 0.2) is 60.2 Å². The van der Waals surface area contributed by atoms with Crippen molar-refractivity contribution in [3.05, 3.63) is 76.9 Å². The van der Waals surface area contributed by atoms with Gasteiger partial charge in [0.15, 0.2) is 16.6 Å². The summed E-state index contributed by atoms with van der Waals surface area (Å²) in [6.45, 7) is 1.83. The summed E-state index contributed by atoms with van der Waals surface area (Å²) < 4.78 is 22.3. The number of aliphatic hydroxyl groups is 1. The number of hydrogen-bond acceptors (Lipinski definition) is 9. The van der Waals surface area contributed by atoms with Crippen LogP contribution in [0.2, 0.25) is 0 Å². The van der Waals surface area contributed by atoms with Crippen LogP contribution in [0.4, 0.5) is 5.13 Å². The summed E-state index contributed by atoms with van der Waals surface area (Å²) in [5.41, 5.74) is 2.27. The molecule has 1 fully saturated rings. The lowest BCUT2D eigenvalue weighted by molar-refractivity contribution is -0.132. The van der Waals surface area contributed by atoms with Crippen LogP contribution in [-0.2, 0) is 9.59 Å². The van der Waals surface area contributed by atoms with E-state index in [1.807, 2.05) is 13.0 Å². The Morgan fingerprint density at radius 3 is 2.26 bits per heavy atom. The molecule has 0 aliphatic carbocycles. The van der Waals surface area contributed by atoms with Crippen LogP contribution in [0.3, 0.4) is 0 Å². The normalized spacial score (nSPS) is 16.5. The molecule has 1 aliphatic rings. The molecule has 1 atom stereocenters. The van der Waals surface area contributed by atoms with E-state index in [1.54, 1.807) is 62.8 Å². The molecule has 1 aliphatic heterocycles. The van der Waals surface area contributed by atoms with E-state index in [0.29, 0.717) is 44.8 Å². The number of benzene rings is 3. The van der Waals surface area contributed by atoms with E-state index in [9.17, 15) is 14.7 Å². The number of methoxy groups -OCH3 is 4. The van der Waals surface area contributed by atoms with Gasteiger partial charge in [-0.15, -0.1) is 0 Å². The van der Waals surface area contributed by atoms with Crippen LogP contribution < -0.4 is 23.8 Å². The fourth-order valence-corrected chi connectivity index (χ4v) is 5.69. The summed E-state index contributed by atoms with van der Waals surface area (Å²) in [5.74, 6) is 0.250. The van der Waals surface area contributed by atoms with Crippen molar-refractivity contribution in [2.45, 2.75) is 13.0 Å². The van der Waals surface area contributed by atoms with Crippen molar-refractivity contribution >= 4 is 44.1 Å². The van der Waals surface area contributed by atoms with Gasteiger partial charge in [0, 0.05) is 5.56 Å². The Morgan fingerprint density at radius 1 is 0.872 bits per heavy atom. The number of anilines is 1. The predicted molar refractivity (Wildman–Crippen MR) is 148 cm³/mol. The van der Waals surface area contributed by atoms with E-state index in [-0.39, 0.29) is 11.3 Å². The molecule has 39 heavy (non-hydrogen) atoms. The van der Waals surface area contributed by atoms with Gasteiger partial charge in [-0.2, -0.15) is 0 Å². The molecule has 0 saturated carbocycles. The first kappa shape index (κ1) is 26.1. The fourth-order valence-electron chi connectivity index (χ4n) is 4.67. The first-order valence-corrected chi connectivity index (χ1v) is 12.8. The first-order chi connectivity index (χ1) is 18.8. The van der Waals surface area contributed by atoms with Gasteiger partial charge in [-0.1, -0.05) is 17.4 Å². The number of Topliss-reactive ketones (excluding diaryl/α,β-unsaturated/α-hetero) is 1. The standard InChI is InChI=1S/C29H26N2O7S/c1-15-12-17(7-10-20(15)36-3)26(32)24-25(16-6-11-21(37-4)22(13-16)38-5)31(28(34)27(24)33)29-30-19-9-8-18(35-2)14-23(19)39-29/h6-14,25,32H,1-5H3/b26-24+/t25-/m0/s1. The smallest absolute Gasteiger partial charge is 0.301 e. The second kappa shape index (κ2) is 10.3. The number of aromatic nitrogens is 1. The monoisotopic (exact) mass is 546 g/mol. The molecule has 4 aromatic rings. The van der Waals surface area contributed by atoms with Crippen molar-refractivity contribution in [3.8, 4) is 23.0 Å². The van der Waals surface area contributed by atoms with Crippen molar-refractivity contribution in [1.82, 2.24) is 4.98 Å². The minimum atomic E-state index is -0.977. The van der Waals surface area contributed by atoms with Gasteiger partial charge in [-0.3, -0.25) is 14.5 Å². The highest BCUT2D eigenvalue weighted by atomic mass is 32.1. The van der Waals surface area contributed by atoms with Gasteiger partial charge >= 0.3 is 5.91 Å². The molecule has 0 bridgehead atoms. The Balaban J connectivity index is 1.74. The summed E-state index contributed by atoms with van der Waals surface area (Å²) in [4.78, 5) is 33.1. The Labute approximate surface area is 228 Å². The number of carbonyl (C=O) groups is 2. The minimum absolute atomic E-state index is 0.0615. The molecule has 3 aromatic carbocycles. The molecule has 0 spiro atoms. The van der Waals surface area contributed by atoms with E-state index >= 15 is 0 Å². The Hall–Kier alpha value is -4.57. The van der Waals surface area contributed by atoms with Gasteiger partial charge < -0.3 is 24.1 Å². The fraction of sp³-hybridized carbons (Fsp3) is 0.207. The SMILES string of the molecule is COc1ccc2nc(N3C(=O)C(=O)/C(=C(/O)c4ccc(OC)c(C)c4)[C@@H]3c3ccc(OC)c(OC)c3)sc2c1. The van der Waals surface area contributed by atoms with Crippen LogP contribution in [0, 0.1) is 6.92 Å². The number of carbonyl (C=O) groups excluding carboxylic acids is 2. The molecule has 1 N–H and O–H groups in total. The lowest BCUT2D eigenvalue weighted by Gasteiger charge is -2.23. The maximum Gasteiger partial charge on any atom is 0.301 e. The highest BCUT2D eigenvalue weighted by Gasteiger charge is 2.48. The highest BCUT2D eigenvalue weighted by Crippen LogP contribution is 2.46. The molecular formula is C29H26N2O7S. The zero-order chi connectivity index (χ0) is 27.8. The second-order valence-corrected chi connectivity index (χ2v) is 9.81. The minimum Gasteiger partial charge on any atom is -0.507 e. The second-order valence-electron chi connectivity index (χ2n) is 8.80. The summed E-state index contributed by atoms with van der Waals surface area (Å²) in [6.07, 6.45) is 0. The zero-order valence-corrected chi connectivity index (χ0v) is 22.8. The zero-order valence-electron chi connectivity index (χ0n) is 22.0. The van der Waals surface area contributed by atoms with Crippen LogP contribution in [0.5, 0.6) is 23.0 Å². The van der Waals surface area contributed by atoms with E-state index in [1.165, 1.54) is 30.5 Å². The van der Waals surface area contributed by atoms with Gasteiger partial charge in [-0.05, 0) is 66.6 Å². The van der Waals surface area contributed by atoms with Gasteiger partial charge in [0.25, 0.3) is 5.78 Å².